The zero-order valence-electron chi connectivity index (χ0n) is 23.2. The maximum atomic E-state index is 13.1. The van der Waals surface area contributed by atoms with E-state index in [0.29, 0.717) is 29.7 Å². The van der Waals surface area contributed by atoms with E-state index in [1.54, 1.807) is 0 Å². The van der Waals surface area contributed by atoms with Gasteiger partial charge < -0.3 is 4.43 Å². The third-order valence-corrected chi connectivity index (χ3v) is 14.1. The molecule has 1 heterocycles. The molecule has 0 atom stereocenters. The Balaban J connectivity index is 1.44. The third-order valence-electron chi connectivity index (χ3n) is 7.66. The highest BCUT2D eigenvalue weighted by molar-refractivity contribution is 7.93. The van der Waals surface area contributed by atoms with Gasteiger partial charge in [0.2, 0.25) is 0 Å². The number of likely N-dealkylation sites (tertiary alicyclic amines) is 1. The summed E-state index contributed by atoms with van der Waals surface area (Å²) in [7, 11) is -5.31. The molecule has 1 aliphatic heterocycles. The van der Waals surface area contributed by atoms with Gasteiger partial charge in [-0.3, -0.25) is 4.90 Å². The van der Waals surface area contributed by atoms with E-state index in [9.17, 15) is 8.42 Å². The van der Waals surface area contributed by atoms with Crippen LogP contribution >= 0.6 is 23.2 Å². The summed E-state index contributed by atoms with van der Waals surface area (Å²) in [6, 6.07) is 23.3. The van der Waals surface area contributed by atoms with Crippen LogP contribution < -0.4 is 0 Å². The van der Waals surface area contributed by atoms with Crippen molar-refractivity contribution in [3.63, 3.8) is 0 Å². The molecule has 0 spiro atoms. The first-order valence-electron chi connectivity index (χ1n) is 13.1. The van der Waals surface area contributed by atoms with Gasteiger partial charge in [-0.25, -0.2) is 8.42 Å². The van der Waals surface area contributed by atoms with Crippen LogP contribution in [0.15, 0.2) is 83.8 Å². The van der Waals surface area contributed by atoms with Crippen molar-refractivity contribution in [2.45, 2.75) is 57.3 Å². The van der Waals surface area contributed by atoms with Gasteiger partial charge in [-0.05, 0) is 70.2 Å². The quantitative estimate of drug-likeness (QED) is 0.231. The molecule has 4 nitrogen and oxygen atoms in total. The first-order chi connectivity index (χ1) is 18.2. The van der Waals surface area contributed by atoms with Crippen LogP contribution in [-0.2, 0) is 26.6 Å². The molecule has 0 radical (unpaired) electrons. The molecule has 39 heavy (non-hydrogen) atoms. The fourth-order valence-electron chi connectivity index (χ4n) is 4.45. The monoisotopic (exact) mass is 601 g/mol. The smallest absolute Gasteiger partial charge is 0.192 e. The fourth-order valence-corrected chi connectivity index (χ4v) is 7.05. The van der Waals surface area contributed by atoms with Crippen LogP contribution in [0.2, 0.25) is 28.2 Å². The third kappa shape index (κ3) is 7.84. The molecule has 0 unspecified atom stereocenters. The number of hydrogen-bond acceptors (Lipinski definition) is 4. The molecular formula is C31H37Cl2NO3SSi. The molecule has 0 saturated carbocycles. The Morgan fingerprint density at radius 2 is 1.41 bits per heavy atom. The Hall–Kier alpha value is -1.93. The van der Waals surface area contributed by atoms with Crippen molar-refractivity contribution in [2.75, 3.05) is 13.1 Å². The van der Waals surface area contributed by atoms with Gasteiger partial charge in [-0.15, -0.1) is 0 Å². The number of rotatable bonds is 9. The summed E-state index contributed by atoms with van der Waals surface area (Å²) in [5.74, 6) is -0.0256. The van der Waals surface area contributed by atoms with Crippen LogP contribution in [0, 0.1) is 0 Å². The van der Waals surface area contributed by atoms with E-state index < -0.39 is 18.2 Å². The summed E-state index contributed by atoms with van der Waals surface area (Å²) in [6.45, 7) is 12.7. The summed E-state index contributed by atoms with van der Waals surface area (Å²) in [6.07, 6.45) is 0. The van der Waals surface area contributed by atoms with E-state index in [2.05, 4.69) is 38.8 Å². The van der Waals surface area contributed by atoms with Gasteiger partial charge in [-0.1, -0.05) is 92.5 Å². The SMILES string of the molecule is CC(C)(C)[Si](C)(C)OCc1cccc(CS(=O)(=O)C=C2CN(C(c3ccc(Cl)cc3)c3ccc(Cl)cc3)C2)c1. The molecule has 0 aliphatic carbocycles. The van der Waals surface area contributed by atoms with E-state index >= 15 is 0 Å². The number of sulfone groups is 1. The van der Waals surface area contributed by atoms with Crippen molar-refractivity contribution >= 4 is 41.4 Å². The second-order valence-electron chi connectivity index (χ2n) is 11.9. The molecule has 8 heteroatoms. The lowest BCUT2D eigenvalue weighted by atomic mass is 9.93. The first-order valence-corrected chi connectivity index (χ1v) is 18.5. The van der Waals surface area contributed by atoms with E-state index in [-0.39, 0.29) is 16.8 Å². The van der Waals surface area contributed by atoms with Gasteiger partial charge in [0.05, 0.1) is 18.4 Å². The highest BCUT2D eigenvalue weighted by Crippen LogP contribution is 2.37. The van der Waals surface area contributed by atoms with E-state index in [1.807, 2.05) is 72.8 Å². The van der Waals surface area contributed by atoms with Gasteiger partial charge in [0.1, 0.15) is 0 Å². The molecule has 4 rings (SSSR count). The molecule has 3 aromatic rings. The maximum Gasteiger partial charge on any atom is 0.192 e. The summed E-state index contributed by atoms with van der Waals surface area (Å²) in [5, 5.41) is 2.94. The number of hydrogen-bond donors (Lipinski definition) is 0. The van der Waals surface area contributed by atoms with Gasteiger partial charge in [-0.2, -0.15) is 0 Å². The van der Waals surface area contributed by atoms with Crippen molar-refractivity contribution in [3.05, 3.63) is 116 Å². The van der Waals surface area contributed by atoms with Crippen molar-refractivity contribution in [1.82, 2.24) is 4.90 Å². The zero-order chi connectivity index (χ0) is 28.4. The van der Waals surface area contributed by atoms with Crippen LogP contribution in [-0.4, -0.2) is 34.7 Å². The molecule has 0 amide bonds. The summed E-state index contributed by atoms with van der Waals surface area (Å²) in [5.41, 5.74) is 4.88. The maximum absolute atomic E-state index is 13.1. The average Bonchev–Trinajstić information content (AvgIpc) is 2.83. The van der Waals surface area contributed by atoms with Crippen molar-refractivity contribution in [2.24, 2.45) is 0 Å². The Kier molecular flexibility index (Phi) is 9.16. The molecule has 1 fully saturated rings. The highest BCUT2D eigenvalue weighted by Gasteiger charge is 2.37. The molecule has 1 saturated heterocycles. The van der Waals surface area contributed by atoms with E-state index in [4.69, 9.17) is 27.6 Å². The Labute approximate surface area is 244 Å². The summed E-state index contributed by atoms with van der Waals surface area (Å²) < 4.78 is 32.5. The second kappa shape index (κ2) is 11.9. The minimum atomic E-state index is -3.42. The summed E-state index contributed by atoms with van der Waals surface area (Å²) >= 11 is 12.3. The zero-order valence-corrected chi connectivity index (χ0v) is 26.6. The lowest BCUT2D eigenvalue weighted by Gasteiger charge is -2.41. The van der Waals surface area contributed by atoms with Crippen molar-refractivity contribution < 1.29 is 12.8 Å². The molecular weight excluding hydrogens is 565 g/mol. The average molecular weight is 603 g/mol. The van der Waals surface area contributed by atoms with Gasteiger partial charge in [0, 0.05) is 28.5 Å². The second-order valence-corrected chi connectivity index (χ2v) is 19.4. The largest absolute Gasteiger partial charge is 0.413 e. The number of benzene rings is 3. The van der Waals surface area contributed by atoms with Crippen LogP contribution in [0.4, 0.5) is 0 Å². The Morgan fingerprint density at radius 3 is 1.92 bits per heavy atom. The molecule has 0 bridgehead atoms. The number of halogens is 2. The Bertz CT molecular complexity index is 1380. The van der Waals surface area contributed by atoms with Crippen LogP contribution in [0.1, 0.15) is 49.1 Å². The lowest BCUT2D eigenvalue weighted by Crippen LogP contribution is -2.43. The van der Waals surface area contributed by atoms with E-state index in [0.717, 1.165) is 27.8 Å². The first kappa shape index (κ1) is 30.0. The predicted octanol–water partition coefficient (Wildman–Crippen LogP) is 8.42. The van der Waals surface area contributed by atoms with Gasteiger partial charge in [0.25, 0.3) is 0 Å². The standard InChI is InChI=1S/C31H37Cl2NO3SSi/c1-31(2,3)39(4,5)37-20-23-7-6-8-24(17-23)21-38(35,36)22-25-18-34(19-25)30(26-9-13-28(32)14-10-26)27-11-15-29(33)16-12-27/h6-17,22,30H,18-21H2,1-5H3. The minimum Gasteiger partial charge on any atom is -0.413 e. The Morgan fingerprint density at radius 1 is 0.897 bits per heavy atom. The van der Waals surface area contributed by atoms with E-state index in [1.165, 1.54) is 5.41 Å². The van der Waals surface area contributed by atoms with Crippen LogP contribution in [0.5, 0.6) is 0 Å². The van der Waals surface area contributed by atoms with Crippen LogP contribution in [0.25, 0.3) is 0 Å². The molecule has 208 valence electrons. The molecule has 3 aromatic carbocycles. The van der Waals surface area contributed by atoms with Gasteiger partial charge in [0.15, 0.2) is 18.2 Å². The van der Waals surface area contributed by atoms with Gasteiger partial charge >= 0.3 is 0 Å². The van der Waals surface area contributed by atoms with Crippen molar-refractivity contribution in [3.8, 4) is 0 Å². The minimum absolute atomic E-state index is 0.0167. The highest BCUT2D eigenvalue weighted by atomic mass is 35.5. The fraction of sp³-hybridized carbons (Fsp3) is 0.355. The number of nitrogens with zero attached hydrogens (tertiary/aromatic N) is 1. The molecule has 1 aliphatic rings. The molecule has 0 aromatic heterocycles. The normalized spacial score (nSPS) is 14.9. The lowest BCUT2D eigenvalue weighted by molar-refractivity contribution is 0.202. The summed E-state index contributed by atoms with van der Waals surface area (Å²) in [4.78, 5) is 2.26. The van der Waals surface area contributed by atoms with Crippen molar-refractivity contribution in [1.29, 1.82) is 0 Å². The topological polar surface area (TPSA) is 46.6 Å². The predicted molar refractivity (Wildman–Crippen MR) is 165 cm³/mol. The van der Waals surface area contributed by atoms with Crippen LogP contribution in [0.3, 0.4) is 0 Å². The molecule has 0 N–H and O–H groups in total.